The summed E-state index contributed by atoms with van der Waals surface area (Å²) >= 11 is 1.37. The van der Waals surface area contributed by atoms with Crippen molar-refractivity contribution in [3.63, 3.8) is 0 Å². The van der Waals surface area contributed by atoms with Crippen molar-refractivity contribution in [2.45, 2.75) is 11.5 Å². The van der Waals surface area contributed by atoms with E-state index in [9.17, 15) is 13.6 Å². The molecule has 0 atom stereocenters. The molecule has 0 bridgehead atoms. The van der Waals surface area contributed by atoms with E-state index < -0.39 is 6.61 Å². The molecule has 2 aromatic carbocycles. The SMILES string of the molecule is COc1cccc(SCC(=O)Nc2ccc(OC(F)F)cc2)c1. The van der Waals surface area contributed by atoms with E-state index in [-0.39, 0.29) is 17.4 Å². The molecule has 4 nitrogen and oxygen atoms in total. The third-order valence-corrected chi connectivity index (χ3v) is 3.77. The van der Waals surface area contributed by atoms with Gasteiger partial charge >= 0.3 is 6.61 Å². The fourth-order valence-corrected chi connectivity index (χ4v) is 2.50. The lowest BCUT2D eigenvalue weighted by molar-refractivity contribution is -0.113. The summed E-state index contributed by atoms with van der Waals surface area (Å²) in [6, 6.07) is 13.2. The minimum atomic E-state index is -2.87. The van der Waals surface area contributed by atoms with Crippen molar-refractivity contribution in [3.8, 4) is 11.5 Å². The van der Waals surface area contributed by atoms with E-state index in [1.807, 2.05) is 24.3 Å². The van der Waals surface area contributed by atoms with Crippen LogP contribution in [-0.2, 0) is 4.79 Å². The summed E-state index contributed by atoms with van der Waals surface area (Å²) in [5.74, 6) is 0.803. The molecule has 1 amide bonds. The van der Waals surface area contributed by atoms with Gasteiger partial charge in [0.1, 0.15) is 11.5 Å². The van der Waals surface area contributed by atoms with Crippen molar-refractivity contribution < 1.29 is 23.0 Å². The smallest absolute Gasteiger partial charge is 0.387 e. The summed E-state index contributed by atoms with van der Waals surface area (Å²) in [6.45, 7) is -2.87. The molecule has 0 saturated heterocycles. The van der Waals surface area contributed by atoms with E-state index in [0.29, 0.717) is 5.69 Å². The second kappa shape index (κ2) is 8.38. The monoisotopic (exact) mass is 339 g/mol. The van der Waals surface area contributed by atoms with Crippen LogP contribution < -0.4 is 14.8 Å². The first-order valence-corrected chi connectivity index (χ1v) is 7.67. The number of nitrogens with one attached hydrogen (secondary N) is 1. The van der Waals surface area contributed by atoms with Crippen LogP contribution in [0.2, 0.25) is 0 Å². The Hall–Kier alpha value is -2.28. The minimum absolute atomic E-state index is 0.0451. The van der Waals surface area contributed by atoms with Gasteiger partial charge in [0, 0.05) is 10.6 Å². The number of benzene rings is 2. The van der Waals surface area contributed by atoms with Gasteiger partial charge in [-0.3, -0.25) is 4.79 Å². The quantitative estimate of drug-likeness (QED) is 0.774. The molecule has 0 saturated carbocycles. The van der Waals surface area contributed by atoms with E-state index in [2.05, 4.69) is 10.1 Å². The molecule has 2 aromatic rings. The fraction of sp³-hybridized carbons (Fsp3) is 0.188. The maximum Gasteiger partial charge on any atom is 0.387 e. The Bertz CT molecular complexity index is 650. The van der Waals surface area contributed by atoms with Crippen molar-refractivity contribution in [3.05, 3.63) is 48.5 Å². The van der Waals surface area contributed by atoms with Crippen LogP contribution in [0.1, 0.15) is 0 Å². The van der Waals surface area contributed by atoms with Gasteiger partial charge in [-0.25, -0.2) is 0 Å². The van der Waals surface area contributed by atoms with Crippen LogP contribution >= 0.6 is 11.8 Å². The zero-order chi connectivity index (χ0) is 16.7. The van der Waals surface area contributed by atoms with Crippen molar-refractivity contribution in [1.82, 2.24) is 0 Å². The predicted molar refractivity (Wildman–Crippen MR) is 85.4 cm³/mol. The van der Waals surface area contributed by atoms with Crippen LogP contribution in [0.4, 0.5) is 14.5 Å². The van der Waals surface area contributed by atoms with Gasteiger partial charge in [0.2, 0.25) is 5.91 Å². The molecule has 0 unspecified atom stereocenters. The highest BCUT2D eigenvalue weighted by molar-refractivity contribution is 8.00. The average Bonchev–Trinajstić information content (AvgIpc) is 2.54. The van der Waals surface area contributed by atoms with Crippen molar-refractivity contribution in [1.29, 1.82) is 0 Å². The molecule has 0 aliphatic heterocycles. The van der Waals surface area contributed by atoms with Gasteiger partial charge in [-0.15, -0.1) is 11.8 Å². The molecule has 0 radical (unpaired) electrons. The van der Waals surface area contributed by atoms with Crippen LogP contribution in [0.3, 0.4) is 0 Å². The van der Waals surface area contributed by atoms with E-state index in [1.165, 1.54) is 36.0 Å². The Kier molecular flexibility index (Phi) is 6.22. The Morgan fingerprint density at radius 3 is 2.57 bits per heavy atom. The second-order valence-electron chi connectivity index (χ2n) is 4.42. The Balaban J connectivity index is 1.84. The third-order valence-electron chi connectivity index (χ3n) is 2.77. The number of carbonyl (C=O) groups excluding carboxylic acids is 1. The number of hydrogen-bond donors (Lipinski definition) is 1. The van der Waals surface area contributed by atoms with Crippen LogP contribution in [-0.4, -0.2) is 25.4 Å². The number of halogens is 2. The molecule has 0 aromatic heterocycles. The number of alkyl halides is 2. The molecular formula is C16H15F2NO3S. The number of rotatable bonds is 7. The standard InChI is InChI=1S/C16H15F2NO3S/c1-21-13-3-2-4-14(9-13)23-10-15(20)19-11-5-7-12(8-6-11)22-16(17)18/h2-9,16H,10H2,1H3,(H,19,20). The largest absolute Gasteiger partial charge is 0.497 e. The number of amides is 1. The molecule has 122 valence electrons. The number of anilines is 1. The molecule has 0 fully saturated rings. The summed E-state index contributed by atoms with van der Waals surface area (Å²) in [5.41, 5.74) is 0.517. The summed E-state index contributed by atoms with van der Waals surface area (Å²) in [5, 5.41) is 2.69. The van der Waals surface area contributed by atoms with Crippen LogP contribution in [0.25, 0.3) is 0 Å². The van der Waals surface area contributed by atoms with Gasteiger partial charge in [0.05, 0.1) is 12.9 Å². The molecule has 0 heterocycles. The molecule has 0 aliphatic carbocycles. The van der Waals surface area contributed by atoms with Gasteiger partial charge in [-0.05, 0) is 42.5 Å². The first-order chi connectivity index (χ1) is 11.1. The van der Waals surface area contributed by atoms with E-state index in [4.69, 9.17) is 4.74 Å². The lowest BCUT2D eigenvalue weighted by Gasteiger charge is -2.08. The third kappa shape index (κ3) is 5.78. The van der Waals surface area contributed by atoms with Crippen LogP contribution in [0.5, 0.6) is 11.5 Å². The maximum atomic E-state index is 12.0. The number of methoxy groups -OCH3 is 1. The molecule has 0 spiro atoms. The lowest BCUT2D eigenvalue weighted by atomic mass is 10.3. The van der Waals surface area contributed by atoms with Gasteiger partial charge in [0.15, 0.2) is 0 Å². The highest BCUT2D eigenvalue weighted by atomic mass is 32.2. The number of carbonyl (C=O) groups is 1. The van der Waals surface area contributed by atoms with Gasteiger partial charge in [0.25, 0.3) is 0 Å². The van der Waals surface area contributed by atoms with Crippen molar-refractivity contribution in [2.75, 3.05) is 18.2 Å². The minimum Gasteiger partial charge on any atom is -0.497 e. The Morgan fingerprint density at radius 1 is 1.17 bits per heavy atom. The second-order valence-corrected chi connectivity index (χ2v) is 5.47. The van der Waals surface area contributed by atoms with Crippen LogP contribution in [0.15, 0.2) is 53.4 Å². The summed E-state index contributed by atoms with van der Waals surface area (Å²) < 4.78 is 33.4. The van der Waals surface area contributed by atoms with Gasteiger partial charge in [-0.2, -0.15) is 8.78 Å². The van der Waals surface area contributed by atoms with Crippen LogP contribution in [0, 0.1) is 0 Å². The molecule has 7 heteroatoms. The summed E-state index contributed by atoms with van der Waals surface area (Å²) in [6.07, 6.45) is 0. The maximum absolute atomic E-state index is 12.0. The highest BCUT2D eigenvalue weighted by Crippen LogP contribution is 2.23. The molecule has 1 N–H and O–H groups in total. The molecular weight excluding hydrogens is 324 g/mol. The van der Waals surface area contributed by atoms with Gasteiger partial charge in [-0.1, -0.05) is 6.07 Å². The topological polar surface area (TPSA) is 47.6 Å². The lowest BCUT2D eigenvalue weighted by Crippen LogP contribution is -2.13. The number of hydrogen-bond acceptors (Lipinski definition) is 4. The average molecular weight is 339 g/mol. The Morgan fingerprint density at radius 2 is 1.91 bits per heavy atom. The zero-order valence-electron chi connectivity index (χ0n) is 12.3. The number of thioether (sulfide) groups is 1. The van der Waals surface area contributed by atoms with E-state index in [1.54, 1.807) is 7.11 Å². The zero-order valence-corrected chi connectivity index (χ0v) is 13.1. The summed E-state index contributed by atoms with van der Waals surface area (Å²) in [4.78, 5) is 12.8. The van der Waals surface area contributed by atoms with Crippen molar-refractivity contribution >= 4 is 23.4 Å². The van der Waals surface area contributed by atoms with E-state index >= 15 is 0 Å². The molecule has 0 aliphatic rings. The normalized spacial score (nSPS) is 10.4. The first kappa shape index (κ1) is 17.1. The first-order valence-electron chi connectivity index (χ1n) is 6.68. The predicted octanol–water partition coefficient (Wildman–Crippen LogP) is 4.03. The van der Waals surface area contributed by atoms with Crippen molar-refractivity contribution in [2.24, 2.45) is 0 Å². The van der Waals surface area contributed by atoms with E-state index in [0.717, 1.165) is 10.6 Å². The fourth-order valence-electron chi connectivity index (χ4n) is 1.76. The summed E-state index contributed by atoms with van der Waals surface area (Å²) in [7, 11) is 1.58. The van der Waals surface area contributed by atoms with Gasteiger partial charge < -0.3 is 14.8 Å². The molecule has 2 rings (SSSR count). The number of ether oxygens (including phenoxy) is 2. The molecule has 23 heavy (non-hydrogen) atoms. The highest BCUT2D eigenvalue weighted by Gasteiger charge is 2.06. The Labute approximate surface area is 136 Å².